The fourth-order valence-corrected chi connectivity index (χ4v) is 2.09. The van der Waals surface area contributed by atoms with Crippen molar-refractivity contribution in [1.29, 1.82) is 0 Å². The fourth-order valence-electron chi connectivity index (χ4n) is 2.09. The minimum Gasteiger partial charge on any atom is -0.361 e. The van der Waals surface area contributed by atoms with Crippen LogP contribution >= 0.6 is 0 Å². The maximum atomic E-state index is 4.20. The second-order valence-corrected chi connectivity index (χ2v) is 4.86. The number of H-pyrrole nitrogens is 1. The van der Waals surface area contributed by atoms with Crippen LogP contribution in [0.4, 0.5) is 0 Å². The van der Waals surface area contributed by atoms with Crippen LogP contribution in [-0.4, -0.2) is 23.6 Å². The quantitative estimate of drug-likeness (QED) is 0.826. The van der Waals surface area contributed by atoms with Crippen molar-refractivity contribution in [3.8, 4) is 0 Å². The van der Waals surface area contributed by atoms with Crippen LogP contribution in [0.1, 0.15) is 25.8 Å². The van der Waals surface area contributed by atoms with Gasteiger partial charge in [0, 0.05) is 29.5 Å². The van der Waals surface area contributed by atoms with Crippen LogP contribution in [0.5, 0.6) is 0 Å². The Morgan fingerprint density at radius 3 is 3.00 bits per heavy atom. The Bertz CT molecular complexity index is 471. The van der Waals surface area contributed by atoms with Crippen molar-refractivity contribution in [2.75, 3.05) is 13.6 Å². The zero-order valence-corrected chi connectivity index (χ0v) is 10.2. The summed E-state index contributed by atoms with van der Waals surface area (Å²) in [5.74, 6) is 0. The first kappa shape index (κ1) is 11.1. The van der Waals surface area contributed by atoms with Crippen molar-refractivity contribution in [1.82, 2.24) is 15.3 Å². The molecule has 0 aromatic carbocycles. The molecule has 16 heavy (non-hydrogen) atoms. The molecule has 0 amide bonds. The van der Waals surface area contributed by atoms with Crippen LogP contribution in [0.2, 0.25) is 0 Å². The molecule has 2 N–H and O–H groups in total. The summed E-state index contributed by atoms with van der Waals surface area (Å²) in [7, 11) is 1.99. The summed E-state index contributed by atoms with van der Waals surface area (Å²) >= 11 is 0. The number of rotatable bonds is 4. The summed E-state index contributed by atoms with van der Waals surface area (Å²) in [5.41, 5.74) is 2.69. The van der Waals surface area contributed by atoms with Crippen LogP contribution in [0.25, 0.3) is 10.9 Å². The Balaban J connectivity index is 2.38. The van der Waals surface area contributed by atoms with Gasteiger partial charge < -0.3 is 10.3 Å². The molecule has 0 spiro atoms. The molecule has 0 aliphatic heterocycles. The van der Waals surface area contributed by atoms with Gasteiger partial charge in [-0.25, -0.2) is 0 Å². The molecule has 0 aliphatic carbocycles. The molecular weight excluding hydrogens is 198 g/mol. The summed E-state index contributed by atoms with van der Waals surface area (Å²) in [6.45, 7) is 5.58. The van der Waals surface area contributed by atoms with E-state index < -0.39 is 0 Å². The molecule has 0 aliphatic rings. The van der Waals surface area contributed by atoms with Crippen molar-refractivity contribution < 1.29 is 0 Å². The van der Waals surface area contributed by atoms with Crippen LogP contribution in [0, 0.1) is 0 Å². The smallest absolute Gasteiger partial charge is 0.0488 e. The van der Waals surface area contributed by atoms with E-state index in [9.17, 15) is 0 Å². The van der Waals surface area contributed by atoms with E-state index in [-0.39, 0.29) is 5.41 Å². The fraction of sp³-hybridized carbons (Fsp3) is 0.462. The van der Waals surface area contributed by atoms with Crippen molar-refractivity contribution in [3.05, 3.63) is 30.2 Å². The van der Waals surface area contributed by atoms with Gasteiger partial charge in [-0.1, -0.05) is 13.8 Å². The Hall–Kier alpha value is -1.35. The molecule has 0 saturated heterocycles. The highest BCUT2D eigenvalue weighted by Gasteiger charge is 2.23. The normalized spacial score (nSPS) is 12.2. The number of aromatic nitrogens is 2. The van der Waals surface area contributed by atoms with E-state index in [1.807, 2.05) is 25.5 Å². The summed E-state index contributed by atoms with van der Waals surface area (Å²) < 4.78 is 0. The van der Waals surface area contributed by atoms with E-state index in [2.05, 4.69) is 35.3 Å². The molecule has 2 aromatic heterocycles. The van der Waals surface area contributed by atoms with E-state index >= 15 is 0 Å². The molecule has 86 valence electrons. The van der Waals surface area contributed by atoms with Gasteiger partial charge in [-0.05, 0) is 37.1 Å². The molecule has 0 fully saturated rings. The van der Waals surface area contributed by atoms with Crippen molar-refractivity contribution in [2.45, 2.75) is 25.7 Å². The predicted octanol–water partition coefficient (Wildman–Crippen LogP) is 2.45. The maximum Gasteiger partial charge on any atom is 0.0488 e. The standard InChI is InChI=1S/C13H19N3/c1-13(2,5-7-14-3)11-9-16-12-4-6-15-8-10(11)12/h4,6,8-9,14,16H,5,7H2,1-3H3. The number of aromatic amines is 1. The van der Waals surface area contributed by atoms with Crippen molar-refractivity contribution in [3.63, 3.8) is 0 Å². The van der Waals surface area contributed by atoms with Gasteiger partial charge in [-0.2, -0.15) is 0 Å². The third kappa shape index (κ3) is 1.95. The van der Waals surface area contributed by atoms with E-state index in [4.69, 9.17) is 0 Å². The summed E-state index contributed by atoms with van der Waals surface area (Å²) in [4.78, 5) is 7.51. The van der Waals surface area contributed by atoms with E-state index in [1.165, 1.54) is 16.5 Å². The lowest BCUT2D eigenvalue weighted by Gasteiger charge is -2.24. The molecule has 0 radical (unpaired) electrons. The zero-order valence-electron chi connectivity index (χ0n) is 10.2. The highest BCUT2D eigenvalue weighted by molar-refractivity contribution is 5.83. The Morgan fingerprint density at radius 2 is 2.25 bits per heavy atom. The van der Waals surface area contributed by atoms with Crippen LogP contribution in [0.15, 0.2) is 24.7 Å². The number of nitrogens with one attached hydrogen (secondary N) is 2. The Morgan fingerprint density at radius 1 is 1.44 bits per heavy atom. The summed E-state index contributed by atoms with van der Waals surface area (Å²) in [5, 5.41) is 4.45. The third-order valence-corrected chi connectivity index (χ3v) is 3.21. The number of nitrogens with zero attached hydrogens (tertiary/aromatic N) is 1. The second kappa shape index (κ2) is 4.26. The third-order valence-electron chi connectivity index (χ3n) is 3.21. The highest BCUT2D eigenvalue weighted by atomic mass is 14.8. The Labute approximate surface area is 96.3 Å². The van der Waals surface area contributed by atoms with Crippen LogP contribution in [-0.2, 0) is 5.41 Å². The van der Waals surface area contributed by atoms with Crippen molar-refractivity contribution >= 4 is 10.9 Å². The van der Waals surface area contributed by atoms with Crippen LogP contribution in [0.3, 0.4) is 0 Å². The summed E-state index contributed by atoms with van der Waals surface area (Å²) in [6.07, 6.45) is 7.00. The number of pyridine rings is 1. The number of hydrogen-bond acceptors (Lipinski definition) is 2. The molecule has 0 bridgehead atoms. The first-order valence-corrected chi connectivity index (χ1v) is 5.71. The maximum absolute atomic E-state index is 4.20. The number of fused-ring (bicyclic) bond motifs is 1. The average molecular weight is 217 g/mol. The minimum absolute atomic E-state index is 0.171. The molecule has 2 rings (SSSR count). The van der Waals surface area contributed by atoms with Crippen molar-refractivity contribution in [2.24, 2.45) is 0 Å². The van der Waals surface area contributed by atoms with Gasteiger partial charge in [0.2, 0.25) is 0 Å². The zero-order chi connectivity index (χ0) is 11.6. The number of hydrogen-bond donors (Lipinski definition) is 2. The van der Waals surface area contributed by atoms with E-state index in [0.717, 1.165) is 13.0 Å². The molecule has 3 heteroatoms. The SMILES string of the molecule is CNCCC(C)(C)c1c[nH]c2ccncc12. The van der Waals surface area contributed by atoms with Gasteiger partial charge in [-0.15, -0.1) is 0 Å². The first-order valence-electron chi connectivity index (χ1n) is 5.71. The van der Waals surface area contributed by atoms with Gasteiger partial charge in [0.25, 0.3) is 0 Å². The molecule has 3 nitrogen and oxygen atoms in total. The largest absolute Gasteiger partial charge is 0.361 e. The van der Waals surface area contributed by atoms with Gasteiger partial charge in [-0.3, -0.25) is 4.98 Å². The molecular formula is C13H19N3. The van der Waals surface area contributed by atoms with Gasteiger partial charge >= 0.3 is 0 Å². The molecule has 2 aromatic rings. The first-order chi connectivity index (χ1) is 7.65. The lowest BCUT2D eigenvalue weighted by atomic mass is 9.81. The van der Waals surface area contributed by atoms with E-state index in [1.54, 1.807) is 0 Å². The molecule has 0 saturated carbocycles. The lowest BCUT2D eigenvalue weighted by molar-refractivity contribution is 0.472. The summed E-state index contributed by atoms with van der Waals surface area (Å²) in [6, 6.07) is 2.02. The van der Waals surface area contributed by atoms with Gasteiger partial charge in [0.1, 0.15) is 0 Å². The average Bonchev–Trinajstić information content (AvgIpc) is 2.71. The van der Waals surface area contributed by atoms with Gasteiger partial charge in [0.05, 0.1) is 0 Å². The lowest BCUT2D eigenvalue weighted by Crippen LogP contribution is -2.23. The topological polar surface area (TPSA) is 40.7 Å². The monoisotopic (exact) mass is 217 g/mol. The minimum atomic E-state index is 0.171. The van der Waals surface area contributed by atoms with Crippen LogP contribution < -0.4 is 5.32 Å². The molecule has 2 heterocycles. The molecule has 0 unspecified atom stereocenters. The second-order valence-electron chi connectivity index (χ2n) is 4.86. The molecule has 0 atom stereocenters. The van der Waals surface area contributed by atoms with E-state index in [0.29, 0.717) is 0 Å². The highest BCUT2D eigenvalue weighted by Crippen LogP contribution is 2.32. The Kier molecular flexibility index (Phi) is 2.97. The van der Waals surface area contributed by atoms with Gasteiger partial charge in [0.15, 0.2) is 0 Å². The predicted molar refractivity (Wildman–Crippen MR) is 67.7 cm³/mol.